The lowest BCUT2D eigenvalue weighted by molar-refractivity contribution is 0.0874. The van der Waals surface area contributed by atoms with Gasteiger partial charge in [-0.2, -0.15) is 0 Å². The lowest BCUT2D eigenvalue weighted by atomic mass is 9.85. The van der Waals surface area contributed by atoms with Gasteiger partial charge in [-0.15, -0.1) is 0 Å². The number of carbonyl (C=O) groups is 2. The number of aryl methyl sites for hydroxylation is 4. The molecule has 0 spiro atoms. The molecule has 9 nitrogen and oxygen atoms in total. The molecule has 2 aromatic carbocycles. The van der Waals surface area contributed by atoms with Crippen LogP contribution in [0.15, 0.2) is 73.3 Å². The highest BCUT2D eigenvalue weighted by Crippen LogP contribution is 2.35. The Bertz CT molecular complexity index is 2030. The zero-order chi connectivity index (χ0) is 33.2. The van der Waals surface area contributed by atoms with Crippen LogP contribution in [0.1, 0.15) is 56.6 Å². The lowest BCUT2D eigenvalue weighted by Gasteiger charge is -2.24. The molecule has 4 aromatic heterocycles. The van der Waals surface area contributed by atoms with E-state index in [1.54, 1.807) is 18.6 Å². The summed E-state index contributed by atoms with van der Waals surface area (Å²) < 4.78 is 6.45. The molecule has 244 valence electrons. The van der Waals surface area contributed by atoms with Crippen molar-refractivity contribution in [3.63, 3.8) is 0 Å². The summed E-state index contributed by atoms with van der Waals surface area (Å²) in [5.74, 6) is 2.74. The van der Waals surface area contributed by atoms with E-state index in [0.29, 0.717) is 5.78 Å². The third kappa shape index (κ3) is 6.32. The van der Waals surface area contributed by atoms with Crippen LogP contribution in [0.2, 0.25) is 0 Å². The van der Waals surface area contributed by atoms with Gasteiger partial charge in [-0.05, 0) is 65.8 Å². The van der Waals surface area contributed by atoms with Gasteiger partial charge in [-0.25, -0.2) is 9.97 Å². The minimum Gasteiger partial charge on any atom is -0.349 e. The first-order chi connectivity index (χ1) is 22.7. The summed E-state index contributed by atoms with van der Waals surface area (Å²) in [6.07, 6.45) is 11.1. The van der Waals surface area contributed by atoms with Crippen LogP contribution in [0.5, 0.6) is 0 Å². The van der Waals surface area contributed by atoms with Gasteiger partial charge in [0.2, 0.25) is 0 Å². The molecule has 8 rings (SSSR count). The number of ketones is 2. The number of aromatic nitrogens is 6. The number of para-hydroxylation sites is 2. The first-order valence-electron chi connectivity index (χ1n) is 16.4. The fraction of sp³-hybridized carbons (Fsp3) is 0.368. The van der Waals surface area contributed by atoms with E-state index in [-0.39, 0.29) is 17.6 Å². The van der Waals surface area contributed by atoms with Gasteiger partial charge in [0.15, 0.2) is 11.6 Å². The van der Waals surface area contributed by atoms with E-state index in [0.717, 1.165) is 77.8 Å². The number of rotatable bonds is 4. The van der Waals surface area contributed by atoms with Crippen molar-refractivity contribution in [1.82, 2.24) is 33.6 Å². The van der Waals surface area contributed by atoms with Crippen LogP contribution in [0, 0.1) is 25.7 Å². The van der Waals surface area contributed by atoms with Crippen molar-refractivity contribution < 1.29 is 9.59 Å². The van der Waals surface area contributed by atoms with Gasteiger partial charge in [0.25, 0.3) is 0 Å². The maximum Gasteiger partial charge on any atom is 0.170 e. The van der Waals surface area contributed by atoms with Crippen molar-refractivity contribution in [3.05, 3.63) is 107 Å². The molecule has 0 bridgehead atoms. The number of hydrogen-bond acceptors (Lipinski definition) is 5. The SMILES string of the molecule is CN(C)CC1CCc2c(c3ccccc3n2C)C1=O.Cc1ncc[nH]1.Cc1nccn1CC1CCc2c(c3ccccc3n2C)C1=O. The topological polar surface area (TPSA) is 93.7 Å². The molecule has 0 amide bonds. The Morgan fingerprint density at radius 3 is 1.81 bits per heavy atom. The van der Waals surface area contributed by atoms with Gasteiger partial charge >= 0.3 is 0 Å². The van der Waals surface area contributed by atoms with E-state index in [1.165, 1.54) is 16.9 Å². The Balaban J connectivity index is 0.000000141. The standard InChI is InChI=1S/C18H19N3O.C16H20N2O.C4H6N2/c1-12-19-9-10-21(12)11-13-7-8-16-17(18(13)22)14-5-3-4-6-15(14)20(16)2;1-17(2)10-11-8-9-14-15(16(11)19)12-6-4-5-7-13(12)18(14)3;1-4-5-2-3-6-4/h3-6,9-10,13H,7-8,11H2,1-2H3;4-7,11H,8-10H2,1-3H3;2-3H,1H3,(H,5,6). The Morgan fingerprint density at radius 2 is 1.34 bits per heavy atom. The molecule has 0 fully saturated rings. The monoisotopic (exact) mass is 631 g/mol. The number of imidazole rings is 2. The highest BCUT2D eigenvalue weighted by atomic mass is 16.1. The number of carbonyl (C=O) groups excluding carboxylic acids is 2. The molecule has 2 aliphatic carbocycles. The van der Waals surface area contributed by atoms with Crippen molar-refractivity contribution >= 4 is 33.4 Å². The molecule has 0 saturated carbocycles. The van der Waals surface area contributed by atoms with Crippen LogP contribution >= 0.6 is 0 Å². The van der Waals surface area contributed by atoms with Gasteiger partial charge in [0.1, 0.15) is 11.6 Å². The Kier molecular flexibility index (Phi) is 9.27. The molecule has 47 heavy (non-hydrogen) atoms. The summed E-state index contributed by atoms with van der Waals surface area (Å²) in [6, 6.07) is 16.4. The summed E-state index contributed by atoms with van der Waals surface area (Å²) >= 11 is 0. The number of nitrogens with one attached hydrogen (secondary N) is 1. The smallest absolute Gasteiger partial charge is 0.170 e. The second kappa shape index (κ2) is 13.5. The second-order valence-electron chi connectivity index (χ2n) is 13.1. The third-order valence-corrected chi connectivity index (χ3v) is 9.71. The number of benzene rings is 2. The molecule has 6 aromatic rings. The summed E-state index contributed by atoms with van der Waals surface area (Å²) in [5, 5.41) is 2.21. The molecule has 2 unspecified atom stereocenters. The first kappa shape index (κ1) is 32.2. The fourth-order valence-electron chi connectivity index (χ4n) is 7.29. The fourth-order valence-corrected chi connectivity index (χ4v) is 7.29. The number of hydrogen-bond donors (Lipinski definition) is 1. The molecule has 2 aliphatic rings. The average molecular weight is 632 g/mol. The van der Waals surface area contributed by atoms with Crippen LogP contribution in [0.3, 0.4) is 0 Å². The minimum absolute atomic E-state index is 0.0474. The number of nitrogens with zero attached hydrogens (tertiary/aromatic N) is 6. The van der Waals surface area contributed by atoms with Crippen molar-refractivity contribution in [2.24, 2.45) is 25.9 Å². The predicted molar refractivity (Wildman–Crippen MR) is 187 cm³/mol. The van der Waals surface area contributed by atoms with E-state index in [2.05, 4.69) is 71.9 Å². The maximum absolute atomic E-state index is 13.0. The normalized spacial score (nSPS) is 17.3. The Hall–Kier alpha value is -4.76. The first-order valence-corrected chi connectivity index (χ1v) is 16.4. The zero-order valence-corrected chi connectivity index (χ0v) is 28.3. The number of fused-ring (bicyclic) bond motifs is 6. The lowest BCUT2D eigenvalue weighted by Crippen LogP contribution is -2.31. The van der Waals surface area contributed by atoms with Crippen LogP contribution < -0.4 is 0 Å². The summed E-state index contributed by atoms with van der Waals surface area (Å²) in [6.45, 7) is 5.48. The molecule has 0 saturated heterocycles. The summed E-state index contributed by atoms with van der Waals surface area (Å²) in [7, 11) is 8.20. The average Bonchev–Trinajstić information content (AvgIpc) is 3.84. The summed E-state index contributed by atoms with van der Waals surface area (Å²) in [5.41, 5.74) is 6.63. The molecule has 9 heteroatoms. The van der Waals surface area contributed by atoms with Crippen molar-refractivity contribution in [2.45, 2.75) is 46.1 Å². The van der Waals surface area contributed by atoms with Crippen LogP contribution in [-0.2, 0) is 33.5 Å². The van der Waals surface area contributed by atoms with E-state index >= 15 is 0 Å². The van der Waals surface area contributed by atoms with Gasteiger partial charge in [0, 0.05) is 108 Å². The molecule has 0 radical (unpaired) electrons. The quantitative estimate of drug-likeness (QED) is 0.245. The predicted octanol–water partition coefficient (Wildman–Crippen LogP) is 6.33. The van der Waals surface area contributed by atoms with Gasteiger partial charge in [-0.1, -0.05) is 36.4 Å². The maximum atomic E-state index is 13.0. The van der Waals surface area contributed by atoms with Gasteiger partial charge in [-0.3, -0.25) is 9.59 Å². The Labute approximate surface area is 276 Å². The largest absolute Gasteiger partial charge is 0.349 e. The highest BCUT2D eigenvalue weighted by Gasteiger charge is 2.33. The summed E-state index contributed by atoms with van der Waals surface area (Å²) in [4.78, 5) is 38.9. The molecular formula is C38H45N7O2. The van der Waals surface area contributed by atoms with E-state index in [4.69, 9.17) is 0 Å². The second-order valence-corrected chi connectivity index (χ2v) is 13.1. The number of aromatic amines is 1. The van der Waals surface area contributed by atoms with E-state index in [1.807, 2.05) is 58.4 Å². The van der Waals surface area contributed by atoms with Crippen LogP contribution in [-0.4, -0.2) is 65.8 Å². The minimum atomic E-state index is 0.0474. The van der Waals surface area contributed by atoms with Crippen molar-refractivity contribution in [2.75, 3.05) is 20.6 Å². The third-order valence-electron chi connectivity index (χ3n) is 9.71. The highest BCUT2D eigenvalue weighted by molar-refractivity contribution is 6.12. The van der Waals surface area contributed by atoms with Crippen molar-refractivity contribution in [3.8, 4) is 0 Å². The van der Waals surface area contributed by atoms with Crippen LogP contribution in [0.25, 0.3) is 21.8 Å². The number of Topliss-reactive ketones (excluding diaryl/α,β-unsaturated/α-hetero) is 2. The molecule has 4 heterocycles. The van der Waals surface area contributed by atoms with Gasteiger partial charge < -0.3 is 23.6 Å². The van der Waals surface area contributed by atoms with E-state index in [9.17, 15) is 9.59 Å². The van der Waals surface area contributed by atoms with Gasteiger partial charge in [0.05, 0.1) is 0 Å². The zero-order valence-electron chi connectivity index (χ0n) is 28.3. The van der Waals surface area contributed by atoms with Crippen molar-refractivity contribution in [1.29, 1.82) is 0 Å². The molecular weight excluding hydrogens is 586 g/mol. The molecule has 0 aliphatic heterocycles. The molecule has 2 atom stereocenters. The van der Waals surface area contributed by atoms with Crippen LogP contribution in [0.4, 0.5) is 0 Å². The van der Waals surface area contributed by atoms with E-state index < -0.39 is 0 Å². The Morgan fingerprint density at radius 1 is 0.787 bits per heavy atom. The molecule has 1 N–H and O–H groups in total. The number of H-pyrrole nitrogens is 1.